The smallest absolute Gasteiger partial charge is 0.331 e. The Morgan fingerprint density at radius 1 is 1.35 bits per heavy atom. The van der Waals surface area contributed by atoms with Gasteiger partial charge in [0.25, 0.3) is 5.56 Å². The molecule has 0 saturated carbocycles. The van der Waals surface area contributed by atoms with Crippen molar-refractivity contribution < 1.29 is 4.79 Å². The number of amides is 1. The van der Waals surface area contributed by atoms with Gasteiger partial charge in [-0.3, -0.25) is 14.2 Å². The Kier molecular flexibility index (Phi) is 5.37. The first-order valence-electron chi connectivity index (χ1n) is 8.07. The Balaban J connectivity index is 2.36. The van der Waals surface area contributed by atoms with Crippen LogP contribution in [-0.4, -0.2) is 32.5 Å². The third-order valence-corrected chi connectivity index (χ3v) is 4.41. The zero-order valence-corrected chi connectivity index (χ0v) is 13.6. The Hall–Kier alpha value is -2.36. The maximum atomic E-state index is 12.6. The normalized spacial score (nSPS) is 17.8. The van der Waals surface area contributed by atoms with E-state index in [1.165, 1.54) is 10.8 Å². The lowest BCUT2D eigenvalue weighted by atomic mass is 10.00. The summed E-state index contributed by atoms with van der Waals surface area (Å²) >= 11 is 0. The molecule has 0 spiro atoms. The van der Waals surface area contributed by atoms with Gasteiger partial charge >= 0.3 is 5.69 Å². The van der Waals surface area contributed by atoms with Crippen molar-refractivity contribution in [3.05, 3.63) is 32.6 Å². The summed E-state index contributed by atoms with van der Waals surface area (Å²) in [6.45, 7) is 4.47. The molecule has 1 aromatic heterocycles. The molecule has 0 aromatic carbocycles. The lowest BCUT2D eigenvalue weighted by Gasteiger charge is -2.35. The van der Waals surface area contributed by atoms with E-state index in [9.17, 15) is 14.4 Å². The number of hydrogen-bond acceptors (Lipinski definition) is 4. The number of aryl methyl sites for hydroxylation is 1. The molecule has 0 bridgehead atoms. The molecule has 1 unspecified atom stereocenters. The highest BCUT2D eigenvalue weighted by Gasteiger charge is 2.26. The fraction of sp³-hybridized carbons (Fsp3) is 0.625. The average Bonchev–Trinajstić information content (AvgIpc) is 2.58. The predicted octanol–water partition coefficient (Wildman–Crippen LogP) is 0.693. The Morgan fingerprint density at radius 2 is 2.09 bits per heavy atom. The largest absolute Gasteiger partial charge is 0.338 e. The number of carbonyl (C=O) groups excluding carboxylic acids is 1. The van der Waals surface area contributed by atoms with Crippen molar-refractivity contribution in [3.63, 3.8) is 0 Å². The zero-order chi connectivity index (χ0) is 17.0. The molecule has 7 heteroatoms. The minimum atomic E-state index is -0.694. The fourth-order valence-electron chi connectivity index (χ4n) is 3.08. The van der Waals surface area contributed by atoms with Gasteiger partial charge in [-0.2, -0.15) is 5.26 Å². The van der Waals surface area contributed by atoms with Crippen LogP contribution in [0.2, 0.25) is 0 Å². The minimum absolute atomic E-state index is 0.120. The molecule has 0 radical (unpaired) electrons. The first-order valence-corrected chi connectivity index (χ1v) is 8.07. The van der Waals surface area contributed by atoms with Crippen LogP contribution in [0.3, 0.4) is 0 Å². The lowest BCUT2D eigenvalue weighted by molar-refractivity contribution is -0.135. The van der Waals surface area contributed by atoms with E-state index in [1.54, 1.807) is 17.9 Å². The van der Waals surface area contributed by atoms with Crippen LogP contribution in [0.25, 0.3) is 0 Å². The van der Waals surface area contributed by atoms with Gasteiger partial charge in [-0.05, 0) is 32.6 Å². The summed E-state index contributed by atoms with van der Waals surface area (Å²) in [5.41, 5.74) is -1.36. The fourth-order valence-corrected chi connectivity index (χ4v) is 3.08. The second kappa shape index (κ2) is 7.27. The molecular formula is C16H22N4O3. The summed E-state index contributed by atoms with van der Waals surface area (Å²) in [6.07, 6.45) is 5.09. The van der Waals surface area contributed by atoms with Gasteiger partial charge in [0.1, 0.15) is 18.2 Å². The van der Waals surface area contributed by atoms with E-state index in [0.29, 0.717) is 13.1 Å². The van der Waals surface area contributed by atoms with E-state index >= 15 is 0 Å². The highest BCUT2D eigenvalue weighted by Crippen LogP contribution is 2.19. The van der Waals surface area contributed by atoms with E-state index in [1.807, 2.05) is 6.92 Å². The minimum Gasteiger partial charge on any atom is -0.338 e. The summed E-state index contributed by atoms with van der Waals surface area (Å²) in [5, 5.41) is 9.04. The maximum Gasteiger partial charge on any atom is 0.331 e. The monoisotopic (exact) mass is 318 g/mol. The number of aromatic nitrogens is 2. The molecule has 23 heavy (non-hydrogen) atoms. The van der Waals surface area contributed by atoms with Crippen LogP contribution in [0, 0.1) is 11.3 Å². The molecule has 1 aromatic rings. The van der Waals surface area contributed by atoms with Crippen molar-refractivity contribution in [1.29, 1.82) is 5.26 Å². The predicted molar refractivity (Wildman–Crippen MR) is 85.0 cm³/mol. The van der Waals surface area contributed by atoms with Gasteiger partial charge < -0.3 is 4.90 Å². The molecule has 2 heterocycles. The van der Waals surface area contributed by atoms with Crippen LogP contribution < -0.4 is 11.2 Å². The van der Waals surface area contributed by atoms with Crippen molar-refractivity contribution in [2.24, 2.45) is 0 Å². The van der Waals surface area contributed by atoms with Gasteiger partial charge in [0.2, 0.25) is 5.91 Å². The number of likely N-dealkylation sites (tertiary alicyclic amines) is 1. The first kappa shape index (κ1) is 17.0. The van der Waals surface area contributed by atoms with E-state index in [-0.39, 0.29) is 24.1 Å². The van der Waals surface area contributed by atoms with E-state index in [0.717, 1.165) is 30.3 Å². The van der Waals surface area contributed by atoms with Crippen LogP contribution >= 0.6 is 0 Å². The molecular weight excluding hydrogens is 296 g/mol. The number of rotatable bonds is 4. The third kappa shape index (κ3) is 3.36. The summed E-state index contributed by atoms with van der Waals surface area (Å²) in [5.74, 6) is -0.228. The van der Waals surface area contributed by atoms with E-state index in [2.05, 4.69) is 0 Å². The van der Waals surface area contributed by atoms with Crippen LogP contribution in [0.5, 0.6) is 0 Å². The molecule has 124 valence electrons. The van der Waals surface area contributed by atoms with Crippen molar-refractivity contribution in [3.8, 4) is 6.07 Å². The first-order chi connectivity index (χ1) is 11.0. The Bertz CT molecular complexity index is 741. The molecule has 1 aliphatic rings. The standard InChI is InChI=1S/C16H22N4O3/c1-3-13-7-5-6-8-19(13)14(21)11-20-15(22)12(9-17)10-18(4-2)16(20)23/h10,13H,3-8,11H2,1-2H3. The number of nitrogens with zero attached hydrogens (tertiary/aromatic N) is 4. The topological polar surface area (TPSA) is 88.1 Å². The number of hydrogen-bond donors (Lipinski definition) is 0. The van der Waals surface area contributed by atoms with Crippen molar-refractivity contribution in [1.82, 2.24) is 14.0 Å². The summed E-state index contributed by atoms with van der Waals surface area (Å²) in [4.78, 5) is 38.9. The number of carbonyl (C=O) groups is 1. The molecule has 0 aliphatic carbocycles. The van der Waals surface area contributed by atoms with Crippen LogP contribution in [-0.2, 0) is 17.9 Å². The number of nitriles is 1. The van der Waals surface area contributed by atoms with Gasteiger partial charge in [0.05, 0.1) is 0 Å². The van der Waals surface area contributed by atoms with Crippen molar-refractivity contribution >= 4 is 5.91 Å². The van der Waals surface area contributed by atoms with Gasteiger partial charge in [0.15, 0.2) is 0 Å². The van der Waals surface area contributed by atoms with Gasteiger partial charge in [-0.1, -0.05) is 6.92 Å². The van der Waals surface area contributed by atoms with Gasteiger partial charge in [0, 0.05) is 25.3 Å². The lowest BCUT2D eigenvalue weighted by Crippen LogP contribution is -2.49. The van der Waals surface area contributed by atoms with Crippen molar-refractivity contribution in [2.75, 3.05) is 6.54 Å². The maximum absolute atomic E-state index is 12.6. The summed E-state index contributed by atoms with van der Waals surface area (Å²) in [7, 11) is 0. The van der Waals surface area contributed by atoms with Crippen LogP contribution in [0.15, 0.2) is 15.8 Å². The highest BCUT2D eigenvalue weighted by molar-refractivity contribution is 5.76. The Morgan fingerprint density at radius 3 is 2.70 bits per heavy atom. The molecule has 0 N–H and O–H groups in total. The molecule has 7 nitrogen and oxygen atoms in total. The average molecular weight is 318 g/mol. The summed E-state index contributed by atoms with van der Waals surface area (Å²) in [6, 6.07) is 1.96. The second-order valence-corrected chi connectivity index (χ2v) is 5.76. The molecule has 2 rings (SSSR count). The summed E-state index contributed by atoms with van der Waals surface area (Å²) < 4.78 is 2.16. The SMILES string of the molecule is CCC1CCCCN1C(=O)Cn1c(=O)c(C#N)cn(CC)c1=O. The van der Waals surface area contributed by atoms with Gasteiger partial charge in [-0.25, -0.2) is 9.36 Å². The van der Waals surface area contributed by atoms with Crippen LogP contribution in [0.4, 0.5) is 0 Å². The Labute approximate surface area is 134 Å². The number of piperidine rings is 1. The molecule has 1 atom stereocenters. The molecule has 1 amide bonds. The van der Waals surface area contributed by atoms with E-state index in [4.69, 9.17) is 5.26 Å². The van der Waals surface area contributed by atoms with Crippen molar-refractivity contribution in [2.45, 2.75) is 58.7 Å². The quantitative estimate of drug-likeness (QED) is 0.817. The third-order valence-electron chi connectivity index (χ3n) is 4.41. The van der Waals surface area contributed by atoms with Gasteiger partial charge in [-0.15, -0.1) is 0 Å². The van der Waals surface area contributed by atoms with E-state index < -0.39 is 11.2 Å². The second-order valence-electron chi connectivity index (χ2n) is 5.76. The molecule has 1 saturated heterocycles. The zero-order valence-electron chi connectivity index (χ0n) is 13.6. The molecule has 1 aliphatic heterocycles. The molecule has 1 fully saturated rings. The van der Waals surface area contributed by atoms with Crippen LogP contribution in [0.1, 0.15) is 45.1 Å². The highest BCUT2D eigenvalue weighted by atomic mass is 16.2.